The number of aromatic nitrogens is 1. The van der Waals surface area contributed by atoms with E-state index in [2.05, 4.69) is 38.0 Å². The van der Waals surface area contributed by atoms with Crippen LogP contribution in [0, 0.1) is 0 Å². The summed E-state index contributed by atoms with van der Waals surface area (Å²) in [5.74, 6) is 0. The Morgan fingerprint density at radius 3 is 2.65 bits per heavy atom. The van der Waals surface area contributed by atoms with Crippen molar-refractivity contribution in [3.05, 3.63) is 23.5 Å². The van der Waals surface area contributed by atoms with Gasteiger partial charge in [-0.25, -0.2) is 0 Å². The number of nitrogens with zero attached hydrogens (tertiary/aromatic N) is 1. The van der Waals surface area contributed by atoms with Gasteiger partial charge in [0.15, 0.2) is 0 Å². The van der Waals surface area contributed by atoms with Crippen LogP contribution in [-0.4, -0.2) is 22.2 Å². The summed E-state index contributed by atoms with van der Waals surface area (Å²) in [6, 6.07) is 2.02. The zero-order valence-electron chi connectivity index (χ0n) is 10.7. The second-order valence-corrected chi connectivity index (χ2v) is 6.13. The minimum atomic E-state index is -0.206. The second-order valence-electron chi connectivity index (χ2n) is 5.72. The van der Waals surface area contributed by atoms with Crippen molar-refractivity contribution in [3.8, 4) is 0 Å². The summed E-state index contributed by atoms with van der Waals surface area (Å²) in [6.45, 7) is 8.43. The smallest absolute Gasteiger partial charge is 0.0834 e. The average molecular weight is 255 g/mol. The first kappa shape index (κ1) is 12.7. The Balaban J connectivity index is 2.17. The molecule has 1 aromatic heterocycles. The zero-order valence-corrected chi connectivity index (χ0v) is 11.5. The predicted molar refractivity (Wildman–Crippen MR) is 70.5 cm³/mol. The van der Waals surface area contributed by atoms with E-state index in [-0.39, 0.29) is 17.2 Å². The van der Waals surface area contributed by atoms with Gasteiger partial charge in [0, 0.05) is 6.20 Å². The molecule has 2 heterocycles. The van der Waals surface area contributed by atoms with Gasteiger partial charge in [-0.15, -0.1) is 0 Å². The van der Waals surface area contributed by atoms with Gasteiger partial charge in [0.25, 0.3) is 0 Å². The minimum absolute atomic E-state index is 0.101. The van der Waals surface area contributed by atoms with E-state index in [1.165, 1.54) is 0 Å². The highest BCUT2D eigenvalue weighted by atomic mass is 35.5. The van der Waals surface area contributed by atoms with E-state index < -0.39 is 0 Å². The molecule has 1 fully saturated rings. The van der Waals surface area contributed by atoms with Crippen LogP contribution in [0.5, 0.6) is 0 Å². The third-order valence-corrected chi connectivity index (χ3v) is 3.50. The highest BCUT2D eigenvalue weighted by molar-refractivity contribution is 6.33. The van der Waals surface area contributed by atoms with Gasteiger partial charge in [0.2, 0.25) is 0 Å². The van der Waals surface area contributed by atoms with E-state index in [4.69, 9.17) is 16.3 Å². The van der Waals surface area contributed by atoms with Gasteiger partial charge < -0.3 is 10.1 Å². The van der Waals surface area contributed by atoms with E-state index in [0.29, 0.717) is 5.02 Å². The summed E-state index contributed by atoms with van der Waals surface area (Å²) in [7, 11) is 0. The fourth-order valence-corrected chi connectivity index (χ4v) is 2.62. The average Bonchev–Trinajstić information content (AvgIpc) is 2.38. The predicted octanol–water partition coefficient (Wildman–Crippen LogP) is 3.49. The Bertz CT molecular complexity index is 418. The molecule has 4 heteroatoms. The lowest BCUT2D eigenvalue weighted by atomic mass is 9.94. The fourth-order valence-electron chi connectivity index (χ4n) is 2.46. The van der Waals surface area contributed by atoms with Crippen molar-refractivity contribution < 1.29 is 4.74 Å². The Morgan fingerprint density at radius 1 is 1.41 bits per heavy atom. The summed E-state index contributed by atoms with van der Waals surface area (Å²) in [6.07, 6.45) is 4.39. The Morgan fingerprint density at radius 2 is 2.12 bits per heavy atom. The Kier molecular flexibility index (Phi) is 3.08. The molecule has 1 unspecified atom stereocenters. The maximum absolute atomic E-state index is 6.12. The molecule has 94 valence electrons. The summed E-state index contributed by atoms with van der Waals surface area (Å²) in [5, 5.41) is 4.13. The van der Waals surface area contributed by atoms with Gasteiger partial charge in [-0.3, -0.25) is 4.98 Å². The first-order valence-electron chi connectivity index (χ1n) is 5.86. The highest BCUT2D eigenvalue weighted by Gasteiger charge is 2.45. The van der Waals surface area contributed by atoms with Crippen LogP contribution in [0.2, 0.25) is 5.02 Å². The second kappa shape index (κ2) is 4.14. The first-order chi connectivity index (χ1) is 7.80. The van der Waals surface area contributed by atoms with Gasteiger partial charge in [0.1, 0.15) is 0 Å². The van der Waals surface area contributed by atoms with Crippen molar-refractivity contribution in [2.45, 2.75) is 51.4 Å². The van der Waals surface area contributed by atoms with Crippen LogP contribution in [-0.2, 0) is 4.74 Å². The molecular weight excluding hydrogens is 236 g/mol. The maximum Gasteiger partial charge on any atom is 0.0834 e. The van der Waals surface area contributed by atoms with E-state index in [9.17, 15) is 0 Å². The number of rotatable bonds is 2. The number of halogens is 1. The lowest BCUT2D eigenvalue weighted by Crippen LogP contribution is -2.38. The van der Waals surface area contributed by atoms with E-state index in [1.807, 2.05) is 0 Å². The number of anilines is 1. The van der Waals surface area contributed by atoms with Crippen LogP contribution in [0.15, 0.2) is 18.5 Å². The van der Waals surface area contributed by atoms with Crippen LogP contribution in [0.4, 0.5) is 5.69 Å². The van der Waals surface area contributed by atoms with Crippen molar-refractivity contribution in [2.75, 3.05) is 5.32 Å². The molecule has 0 radical (unpaired) electrons. The van der Waals surface area contributed by atoms with Crippen molar-refractivity contribution >= 4 is 17.3 Å². The monoisotopic (exact) mass is 254 g/mol. The normalized spacial score (nSPS) is 25.8. The summed E-state index contributed by atoms with van der Waals surface area (Å²) >= 11 is 6.12. The van der Waals surface area contributed by atoms with Crippen molar-refractivity contribution in [1.82, 2.24) is 4.98 Å². The number of ether oxygens (including phenoxy) is 1. The molecule has 1 saturated heterocycles. The molecular formula is C13H19ClN2O. The fraction of sp³-hybridized carbons (Fsp3) is 0.615. The largest absolute Gasteiger partial charge is 0.377 e. The van der Waals surface area contributed by atoms with Gasteiger partial charge in [-0.05, 0) is 40.2 Å². The minimum Gasteiger partial charge on any atom is -0.377 e. The lowest BCUT2D eigenvalue weighted by molar-refractivity contribution is -0.0662. The molecule has 0 amide bonds. The highest BCUT2D eigenvalue weighted by Crippen LogP contribution is 2.39. The van der Waals surface area contributed by atoms with Crippen molar-refractivity contribution in [3.63, 3.8) is 0 Å². The van der Waals surface area contributed by atoms with Crippen LogP contribution in [0.1, 0.15) is 34.1 Å². The number of hydrogen-bond donors (Lipinski definition) is 1. The topological polar surface area (TPSA) is 34.2 Å². The van der Waals surface area contributed by atoms with Crippen LogP contribution in [0.25, 0.3) is 0 Å². The first-order valence-corrected chi connectivity index (χ1v) is 6.24. The number of hydrogen-bond acceptors (Lipinski definition) is 3. The van der Waals surface area contributed by atoms with Crippen molar-refractivity contribution in [2.24, 2.45) is 0 Å². The third kappa shape index (κ3) is 2.72. The Hall–Kier alpha value is -0.800. The molecule has 0 aliphatic carbocycles. The van der Waals surface area contributed by atoms with Crippen LogP contribution >= 0.6 is 11.6 Å². The van der Waals surface area contributed by atoms with Gasteiger partial charge in [-0.1, -0.05) is 11.6 Å². The molecule has 3 nitrogen and oxygen atoms in total. The molecule has 17 heavy (non-hydrogen) atoms. The standard InChI is InChI=1S/C13H19ClN2O/c1-12(2)7-11(13(3,4)17-12)16-10-8-15-6-5-9(10)14/h5-6,8,11,16H,7H2,1-4H3. The van der Waals surface area contributed by atoms with Gasteiger partial charge in [0.05, 0.1) is 34.2 Å². The maximum atomic E-state index is 6.12. The van der Waals surface area contributed by atoms with Crippen LogP contribution < -0.4 is 5.32 Å². The number of pyridine rings is 1. The van der Waals surface area contributed by atoms with Gasteiger partial charge >= 0.3 is 0 Å². The molecule has 0 aromatic carbocycles. The molecule has 1 atom stereocenters. The zero-order chi connectivity index (χ0) is 12.7. The molecule has 1 N–H and O–H groups in total. The molecule has 1 aromatic rings. The van der Waals surface area contributed by atoms with Crippen molar-refractivity contribution in [1.29, 1.82) is 0 Å². The SMILES string of the molecule is CC1(C)CC(Nc2cnccc2Cl)C(C)(C)O1. The molecule has 0 spiro atoms. The lowest BCUT2D eigenvalue weighted by Gasteiger charge is -2.28. The molecule has 1 aliphatic heterocycles. The van der Waals surface area contributed by atoms with E-state index in [0.717, 1.165) is 12.1 Å². The van der Waals surface area contributed by atoms with E-state index >= 15 is 0 Å². The van der Waals surface area contributed by atoms with Gasteiger partial charge in [-0.2, -0.15) is 0 Å². The summed E-state index contributed by atoms with van der Waals surface area (Å²) in [5.41, 5.74) is 0.562. The molecule has 0 saturated carbocycles. The molecule has 1 aliphatic rings. The molecule has 0 bridgehead atoms. The number of nitrogens with one attached hydrogen (secondary N) is 1. The Labute approximate surface area is 108 Å². The summed E-state index contributed by atoms with van der Waals surface area (Å²) in [4.78, 5) is 4.08. The summed E-state index contributed by atoms with van der Waals surface area (Å²) < 4.78 is 6.03. The molecule has 2 rings (SSSR count). The quantitative estimate of drug-likeness (QED) is 0.877. The van der Waals surface area contributed by atoms with E-state index in [1.54, 1.807) is 18.5 Å². The third-order valence-electron chi connectivity index (χ3n) is 3.17. The van der Waals surface area contributed by atoms with Crippen LogP contribution in [0.3, 0.4) is 0 Å².